The minimum atomic E-state index is -0.351. The van der Waals surface area contributed by atoms with Gasteiger partial charge in [0.15, 0.2) is 0 Å². The molecule has 0 spiro atoms. The molecule has 1 amide bonds. The molecule has 0 fully saturated rings. The van der Waals surface area contributed by atoms with E-state index in [4.69, 9.17) is 11.6 Å². The summed E-state index contributed by atoms with van der Waals surface area (Å²) in [6.45, 7) is 0.503. The first-order valence-corrected chi connectivity index (χ1v) is 7.77. The number of benzene rings is 2. The maximum absolute atomic E-state index is 13.5. The summed E-state index contributed by atoms with van der Waals surface area (Å²) < 4.78 is 13.5. The van der Waals surface area contributed by atoms with Crippen molar-refractivity contribution < 1.29 is 9.18 Å². The summed E-state index contributed by atoms with van der Waals surface area (Å²) in [7, 11) is 0. The second kappa shape index (κ2) is 6.84. The van der Waals surface area contributed by atoms with Gasteiger partial charge >= 0.3 is 0 Å². The Morgan fingerprint density at radius 2 is 2.00 bits per heavy atom. The van der Waals surface area contributed by atoms with Gasteiger partial charge < -0.3 is 10.3 Å². The number of aromatic nitrogens is 1. The number of carbonyl (C=O) groups excluding carboxylic acids is 1. The Hall–Kier alpha value is -2.33. The van der Waals surface area contributed by atoms with E-state index in [9.17, 15) is 9.18 Å². The molecule has 2 aromatic carbocycles. The van der Waals surface area contributed by atoms with Crippen LogP contribution in [-0.4, -0.2) is 17.4 Å². The molecule has 3 aromatic rings. The number of hydrogen-bond acceptors (Lipinski definition) is 1. The van der Waals surface area contributed by atoms with Gasteiger partial charge in [-0.3, -0.25) is 4.79 Å². The van der Waals surface area contributed by atoms with Gasteiger partial charge in [0.25, 0.3) is 0 Å². The summed E-state index contributed by atoms with van der Waals surface area (Å²) >= 11 is 5.96. The zero-order valence-electron chi connectivity index (χ0n) is 12.4. The molecule has 0 aliphatic rings. The first-order chi connectivity index (χ1) is 11.1. The molecule has 0 aliphatic carbocycles. The van der Waals surface area contributed by atoms with Crippen molar-refractivity contribution in [3.05, 3.63) is 70.6 Å². The van der Waals surface area contributed by atoms with Crippen LogP contribution in [0, 0.1) is 5.82 Å². The Balaban J connectivity index is 1.56. The van der Waals surface area contributed by atoms with Gasteiger partial charge in [0.2, 0.25) is 5.91 Å². The molecule has 0 aliphatic heterocycles. The first kappa shape index (κ1) is 15.6. The van der Waals surface area contributed by atoms with Crippen molar-refractivity contribution in [3.63, 3.8) is 0 Å². The third-order valence-corrected chi connectivity index (χ3v) is 3.99. The maximum atomic E-state index is 13.5. The largest absolute Gasteiger partial charge is 0.361 e. The monoisotopic (exact) mass is 330 g/mol. The minimum absolute atomic E-state index is 0.0518. The number of rotatable bonds is 5. The fraction of sp³-hybridized carbons (Fsp3) is 0.167. The topological polar surface area (TPSA) is 44.9 Å². The summed E-state index contributed by atoms with van der Waals surface area (Å²) in [6.07, 6.45) is 2.67. The predicted molar refractivity (Wildman–Crippen MR) is 90.1 cm³/mol. The molecule has 3 nitrogen and oxygen atoms in total. The van der Waals surface area contributed by atoms with Crippen molar-refractivity contribution in [2.75, 3.05) is 6.54 Å². The third kappa shape index (κ3) is 3.71. The average molecular weight is 331 g/mol. The molecular weight excluding hydrogens is 315 g/mol. The molecule has 3 rings (SSSR count). The van der Waals surface area contributed by atoms with Gasteiger partial charge in [-0.25, -0.2) is 4.39 Å². The molecule has 5 heteroatoms. The SMILES string of the molecule is O=C(Cc1ccccc1F)NCCc1c[nH]c2cc(Cl)ccc12. The van der Waals surface area contributed by atoms with Crippen molar-refractivity contribution in [1.29, 1.82) is 0 Å². The molecule has 2 N–H and O–H groups in total. The molecular formula is C18H16ClFN2O. The molecule has 1 heterocycles. The summed E-state index contributed by atoms with van der Waals surface area (Å²) in [5, 5.41) is 4.61. The van der Waals surface area contributed by atoms with Crippen LogP contribution in [0.15, 0.2) is 48.7 Å². The molecule has 118 valence electrons. The molecule has 0 atom stereocenters. The average Bonchev–Trinajstić information content (AvgIpc) is 2.92. The highest BCUT2D eigenvalue weighted by Crippen LogP contribution is 2.22. The molecule has 0 bridgehead atoms. The van der Waals surface area contributed by atoms with Crippen LogP contribution in [0.5, 0.6) is 0 Å². The van der Waals surface area contributed by atoms with Gasteiger partial charge in [-0.1, -0.05) is 35.9 Å². The van der Waals surface area contributed by atoms with Crippen LogP contribution in [0.1, 0.15) is 11.1 Å². The smallest absolute Gasteiger partial charge is 0.224 e. The van der Waals surface area contributed by atoms with Crippen LogP contribution in [0.2, 0.25) is 5.02 Å². The fourth-order valence-electron chi connectivity index (χ4n) is 2.58. The van der Waals surface area contributed by atoms with Crippen LogP contribution in [0.4, 0.5) is 4.39 Å². The Bertz CT molecular complexity index is 844. The standard InChI is InChI=1S/C18H16ClFN2O/c19-14-5-6-15-13(11-22-17(15)10-14)7-8-21-18(23)9-12-3-1-2-4-16(12)20/h1-6,10-11,22H,7-9H2,(H,21,23). The molecule has 23 heavy (non-hydrogen) atoms. The van der Waals surface area contributed by atoms with Gasteiger partial charge in [-0.2, -0.15) is 0 Å². The predicted octanol–water partition coefficient (Wildman–Crippen LogP) is 3.86. The van der Waals surface area contributed by atoms with E-state index >= 15 is 0 Å². The van der Waals surface area contributed by atoms with Gasteiger partial charge in [0.1, 0.15) is 5.82 Å². The Morgan fingerprint density at radius 3 is 2.83 bits per heavy atom. The van der Waals surface area contributed by atoms with Crippen molar-refractivity contribution in [1.82, 2.24) is 10.3 Å². The Kier molecular flexibility index (Phi) is 4.63. The van der Waals surface area contributed by atoms with Gasteiger partial charge in [-0.15, -0.1) is 0 Å². The van der Waals surface area contributed by atoms with E-state index in [-0.39, 0.29) is 18.1 Å². The summed E-state index contributed by atoms with van der Waals surface area (Å²) in [4.78, 5) is 15.1. The fourth-order valence-corrected chi connectivity index (χ4v) is 2.75. The van der Waals surface area contributed by atoms with Crippen molar-refractivity contribution >= 4 is 28.4 Å². The zero-order chi connectivity index (χ0) is 16.2. The van der Waals surface area contributed by atoms with E-state index in [1.165, 1.54) is 6.07 Å². The van der Waals surface area contributed by atoms with Crippen LogP contribution < -0.4 is 5.32 Å². The van der Waals surface area contributed by atoms with E-state index in [1.54, 1.807) is 18.2 Å². The number of H-pyrrole nitrogens is 1. The van der Waals surface area contributed by atoms with Gasteiger partial charge in [-0.05, 0) is 35.7 Å². The number of hydrogen-bond donors (Lipinski definition) is 2. The molecule has 0 saturated heterocycles. The molecule has 0 radical (unpaired) electrons. The second-order valence-corrected chi connectivity index (χ2v) is 5.81. The number of amides is 1. The minimum Gasteiger partial charge on any atom is -0.361 e. The normalized spacial score (nSPS) is 10.9. The highest BCUT2D eigenvalue weighted by Gasteiger charge is 2.08. The van der Waals surface area contributed by atoms with Crippen LogP contribution in [0.3, 0.4) is 0 Å². The van der Waals surface area contributed by atoms with Crippen molar-refractivity contribution in [2.45, 2.75) is 12.8 Å². The summed E-state index contributed by atoms with van der Waals surface area (Å²) in [6, 6.07) is 12.0. The van der Waals surface area contributed by atoms with E-state index in [0.29, 0.717) is 23.6 Å². The number of carbonyl (C=O) groups is 1. The Labute approximate surface area is 138 Å². The van der Waals surface area contributed by atoms with Crippen molar-refractivity contribution in [2.24, 2.45) is 0 Å². The van der Waals surface area contributed by atoms with Crippen LogP contribution >= 0.6 is 11.6 Å². The lowest BCUT2D eigenvalue weighted by molar-refractivity contribution is -0.120. The number of fused-ring (bicyclic) bond motifs is 1. The molecule has 1 aromatic heterocycles. The second-order valence-electron chi connectivity index (χ2n) is 5.37. The number of nitrogens with one attached hydrogen (secondary N) is 2. The van der Waals surface area contributed by atoms with E-state index < -0.39 is 0 Å². The van der Waals surface area contributed by atoms with Gasteiger partial charge in [0.05, 0.1) is 6.42 Å². The van der Waals surface area contributed by atoms with E-state index in [2.05, 4.69) is 10.3 Å². The summed E-state index contributed by atoms with van der Waals surface area (Å²) in [5.74, 6) is -0.533. The highest BCUT2D eigenvalue weighted by atomic mass is 35.5. The summed E-state index contributed by atoms with van der Waals surface area (Å²) in [5.41, 5.74) is 2.50. The maximum Gasteiger partial charge on any atom is 0.224 e. The molecule has 0 saturated carbocycles. The van der Waals surface area contributed by atoms with Crippen molar-refractivity contribution in [3.8, 4) is 0 Å². The van der Waals surface area contributed by atoms with Crippen LogP contribution in [-0.2, 0) is 17.6 Å². The quantitative estimate of drug-likeness (QED) is 0.733. The highest BCUT2D eigenvalue weighted by molar-refractivity contribution is 6.31. The van der Waals surface area contributed by atoms with Crippen LogP contribution in [0.25, 0.3) is 10.9 Å². The first-order valence-electron chi connectivity index (χ1n) is 7.39. The lowest BCUT2D eigenvalue weighted by atomic mass is 10.1. The molecule has 0 unspecified atom stereocenters. The van der Waals surface area contributed by atoms with E-state index in [0.717, 1.165) is 16.5 Å². The zero-order valence-corrected chi connectivity index (χ0v) is 13.2. The van der Waals surface area contributed by atoms with Gasteiger partial charge in [0, 0.05) is 28.7 Å². The third-order valence-electron chi connectivity index (χ3n) is 3.75. The Morgan fingerprint density at radius 1 is 1.17 bits per heavy atom. The lowest BCUT2D eigenvalue weighted by Gasteiger charge is -2.06. The van der Waals surface area contributed by atoms with E-state index in [1.807, 2.05) is 24.4 Å². The number of halogens is 2. The number of aromatic amines is 1. The lowest BCUT2D eigenvalue weighted by Crippen LogP contribution is -2.27.